The summed E-state index contributed by atoms with van der Waals surface area (Å²) in [6.45, 7) is 4.80. The van der Waals surface area contributed by atoms with Crippen molar-refractivity contribution in [1.82, 2.24) is 15.4 Å². The lowest BCUT2D eigenvalue weighted by atomic mass is 9.80. The van der Waals surface area contributed by atoms with Crippen LogP contribution in [0.25, 0.3) is 0 Å². The quantitative estimate of drug-likeness (QED) is 0.502. The van der Waals surface area contributed by atoms with Gasteiger partial charge in [0.05, 0.1) is 0 Å². The second kappa shape index (κ2) is 10.6. The molecule has 0 aromatic rings. The van der Waals surface area contributed by atoms with Crippen molar-refractivity contribution in [2.24, 2.45) is 5.92 Å². The van der Waals surface area contributed by atoms with Crippen LogP contribution in [0, 0.1) is 5.92 Å². The smallest absolute Gasteiger partial charge is 0.245 e. The molecule has 28 heavy (non-hydrogen) atoms. The zero-order valence-electron chi connectivity index (χ0n) is 17.4. The molecule has 0 aromatic carbocycles. The number of carbonyl (C=O) groups is 2. The Hall–Kier alpha value is -1.15. The van der Waals surface area contributed by atoms with Gasteiger partial charge in [-0.25, -0.2) is 13.1 Å². The maximum Gasteiger partial charge on any atom is 0.245 e. The van der Waals surface area contributed by atoms with Crippen LogP contribution >= 0.6 is 0 Å². The largest absolute Gasteiger partial charge is 0.354 e. The van der Waals surface area contributed by atoms with Crippen LogP contribution in [0.15, 0.2) is 0 Å². The monoisotopic (exact) mass is 415 g/mol. The highest BCUT2D eigenvalue weighted by Crippen LogP contribution is 2.29. The molecule has 0 spiro atoms. The van der Waals surface area contributed by atoms with Crippen molar-refractivity contribution < 1.29 is 18.0 Å². The minimum absolute atomic E-state index is 0.0880. The van der Waals surface area contributed by atoms with Gasteiger partial charge in [0.25, 0.3) is 0 Å². The van der Waals surface area contributed by atoms with E-state index in [4.69, 9.17) is 0 Å². The van der Waals surface area contributed by atoms with E-state index >= 15 is 0 Å². The summed E-state index contributed by atoms with van der Waals surface area (Å²) in [5, 5.41) is 5.70. The van der Waals surface area contributed by atoms with Gasteiger partial charge >= 0.3 is 0 Å². The zero-order valence-corrected chi connectivity index (χ0v) is 18.2. The van der Waals surface area contributed by atoms with E-state index < -0.39 is 27.2 Å². The Kier molecular flexibility index (Phi) is 8.74. The van der Waals surface area contributed by atoms with Crippen LogP contribution in [0.2, 0.25) is 0 Å². The van der Waals surface area contributed by atoms with Gasteiger partial charge in [-0.05, 0) is 50.9 Å². The summed E-state index contributed by atoms with van der Waals surface area (Å²) in [6.07, 6.45) is 9.34. The van der Waals surface area contributed by atoms with E-state index in [1.54, 1.807) is 0 Å². The number of nitrogens with one attached hydrogen (secondary N) is 3. The van der Waals surface area contributed by atoms with Gasteiger partial charge in [-0.2, -0.15) is 0 Å². The first kappa shape index (κ1) is 23.1. The molecule has 0 aromatic heterocycles. The zero-order chi connectivity index (χ0) is 20.6. The van der Waals surface area contributed by atoms with Crippen molar-refractivity contribution in [1.29, 1.82) is 0 Å². The Morgan fingerprint density at radius 3 is 2.29 bits per heavy atom. The molecule has 0 radical (unpaired) electrons. The number of amides is 2. The second-order valence-corrected chi connectivity index (χ2v) is 10.4. The highest BCUT2D eigenvalue weighted by molar-refractivity contribution is 7.90. The molecule has 2 amide bonds. The molecule has 0 aliphatic heterocycles. The predicted octanol–water partition coefficient (Wildman–Crippen LogP) is 2.22. The molecule has 0 atom stereocenters. The van der Waals surface area contributed by atoms with Crippen LogP contribution in [0.3, 0.4) is 0 Å². The van der Waals surface area contributed by atoms with Crippen LogP contribution in [0.1, 0.15) is 84.5 Å². The molecule has 0 heterocycles. The number of carbonyl (C=O) groups excluding carboxylic acids is 2. The molecule has 2 aliphatic carbocycles. The molecule has 2 fully saturated rings. The predicted molar refractivity (Wildman–Crippen MR) is 110 cm³/mol. The van der Waals surface area contributed by atoms with Gasteiger partial charge in [-0.3, -0.25) is 9.59 Å². The summed E-state index contributed by atoms with van der Waals surface area (Å²) in [4.78, 5) is 25.3. The van der Waals surface area contributed by atoms with E-state index in [1.165, 1.54) is 0 Å². The van der Waals surface area contributed by atoms with Gasteiger partial charge in [0.15, 0.2) is 0 Å². The van der Waals surface area contributed by atoms with Crippen molar-refractivity contribution in [3.05, 3.63) is 0 Å². The Morgan fingerprint density at radius 2 is 1.68 bits per heavy atom. The Morgan fingerprint density at radius 1 is 1.04 bits per heavy atom. The molecule has 0 unspecified atom stereocenters. The van der Waals surface area contributed by atoms with E-state index in [9.17, 15) is 18.0 Å². The third-order valence-corrected chi connectivity index (χ3v) is 7.35. The normalized spacial score (nSPS) is 25.1. The van der Waals surface area contributed by atoms with Crippen LogP contribution in [-0.4, -0.2) is 44.1 Å². The van der Waals surface area contributed by atoms with Crippen molar-refractivity contribution in [3.63, 3.8) is 0 Å². The standard InChI is InChI=1S/C20H37N3O4S/c1-3-4-14-21-19(25)20(12-6-5-7-13-20)22-18(24)15-28(26,27)23-17-10-8-16(2)9-11-17/h16-17,23H,3-15H2,1-2H3,(H,21,25)(H,22,24). The highest BCUT2D eigenvalue weighted by Gasteiger charge is 2.41. The molecule has 2 aliphatic rings. The molecule has 162 valence electrons. The average Bonchev–Trinajstić information content (AvgIpc) is 2.63. The van der Waals surface area contributed by atoms with Crippen LogP contribution in [-0.2, 0) is 19.6 Å². The van der Waals surface area contributed by atoms with Crippen molar-refractivity contribution >= 4 is 21.8 Å². The number of rotatable bonds is 9. The Bertz CT molecular complexity index is 621. The topological polar surface area (TPSA) is 104 Å². The maximum atomic E-state index is 12.8. The van der Waals surface area contributed by atoms with E-state index in [-0.39, 0.29) is 11.9 Å². The summed E-state index contributed by atoms with van der Waals surface area (Å²) in [6, 6.07) is -0.0880. The summed E-state index contributed by atoms with van der Waals surface area (Å²) >= 11 is 0. The third-order valence-electron chi connectivity index (χ3n) is 6.02. The molecular weight excluding hydrogens is 378 g/mol. The lowest BCUT2D eigenvalue weighted by molar-refractivity contribution is -0.134. The Balaban J connectivity index is 1.93. The first-order valence-corrected chi connectivity index (χ1v) is 12.5. The minimum atomic E-state index is -3.72. The molecule has 7 nitrogen and oxygen atoms in total. The highest BCUT2D eigenvalue weighted by atomic mass is 32.2. The molecule has 3 N–H and O–H groups in total. The lowest BCUT2D eigenvalue weighted by Gasteiger charge is -2.36. The molecule has 2 rings (SSSR count). The fourth-order valence-electron chi connectivity index (χ4n) is 4.26. The number of hydrogen-bond acceptors (Lipinski definition) is 4. The number of hydrogen-bond donors (Lipinski definition) is 3. The van der Waals surface area contributed by atoms with Gasteiger partial charge < -0.3 is 10.6 Å². The summed E-state index contributed by atoms with van der Waals surface area (Å²) in [5.74, 6) is -0.769. The van der Waals surface area contributed by atoms with Gasteiger partial charge in [-0.15, -0.1) is 0 Å². The van der Waals surface area contributed by atoms with Gasteiger partial charge in [0.1, 0.15) is 11.3 Å². The molecule has 0 saturated heterocycles. The van der Waals surface area contributed by atoms with Crippen molar-refractivity contribution in [2.45, 2.75) is 96.1 Å². The van der Waals surface area contributed by atoms with Gasteiger partial charge in [-0.1, -0.05) is 39.5 Å². The SMILES string of the molecule is CCCCNC(=O)C1(NC(=O)CS(=O)(=O)NC2CCC(C)CC2)CCCCC1. The fraction of sp³-hybridized carbons (Fsp3) is 0.900. The van der Waals surface area contributed by atoms with Gasteiger partial charge in [0, 0.05) is 12.6 Å². The van der Waals surface area contributed by atoms with E-state index in [2.05, 4.69) is 29.2 Å². The minimum Gasteiger partial charge on any atom is -0.354 e. The van der Waals surface area contributed by atoms with E-state index in [0.717, 1.165) is 57.8 Å². The lowest BCUT2D eigenvalue weighted by Crippen LogP contribution is -2.61. The summed E-state index contributed by atoms with van der Waals surface area (Å²) in [7, 11) is -3.72. The first-order valence-electron chi connectivity index (χ1n) is 10.9. The van der Waals surface area contributed by atoms with E-state index in [1.807, 2.05) is 0 Å². The fourth-order valence-corrected chi connectivity index (χ4v) is 5.51. The average molecular weight is 416 g/mol. The van der Waals surface area contributed by atoms with Crippen molar-refractivity contribution in [2.75, 3.05) is 12.3 Å². The Labute approximate surface area is 169 Å². The molecular formula is C20H37N3O4S. The van der Waals surface area contributed by atoms with Crippen LogP contribution < -0.4 is 15.4 Å². The van der Waals surface area contributed by atoms with Crippen LogP contribution in [0.4, 0.5) is 0 Å². The summed E-state index contributed by atoms with van der Waals surface area (Å²) in [5.41, 5.74) is -0.973. The molecule has 0 bridgehead atoms. The number of sulfonamides is 1. The molecule has 8 heteroatoms. The third kappa shape index (κ3) is 7.03. The molecule has 2 saturated carbocycles. The van der Waals surface area contributed by atoms with Crippen molar-refractivity contribution in [3.8, 4) is 0 Å². The van der Waals surface area contributed by atoms with E-state index in [0.29, 0.717) is 25.3 Å². The first-order chi connectivity index (χ1) is 13.3. The second-order valence-electron chi connectivity index (χ2n) is 8.63. The summed E-state index contributed by atoms with van der Waals surface area (Å²) < 4.78 is 27.6. The number of unbranched alkanes of at least 4 members (excludes halogenated alkanes) is 1. The van der Waals surface area contributed by atoms with Crippen LogP contribution in [0.5, 0.6) is 0 Å². The maximum absolute atomic E-state index is 12.8. The van der Waals surface area contributed by atoms with Gasteiger partial charge in [0.2, 0.25) is 21.8 Å².